The van der Waals surface area contributed by atoms with Crippen molar-refractivity contribution in [1.82, 2.24) is 20.6 Å². The van der Waals surface area contributed by atoms with Crippen LogP contribution in [0.4, 0.5) is 5.69 Å². The van der Waals surface area contributed by atoms with Gasteiger partial charge < -0.3 is 10.4 Å². The highest BCUT2D eigenvalue weighted by atomic mass is 16.3. The number of aliphatic hydroxyl groups is 1. The normalized spacial score (nSPS) is 11.9. The summed E-state index contributed by atoms with van der Waals surface area (Å²) in [5, 5.41) is 26.6. The van der Waals surface area contributed by atoms with Crippen molar-refractivity contribution in [1.29, 1.82) is 0 Å². The minimum atomic E-state index is -0.816. The first-order valence-electron chi connectivity index (χ1n) is 7.55. The lowest BCUT2D eigenvalue weighted by Gasteiger charge is -2.11. The number of H-pyrrole nitrogens is 1. The van der Waals surface area contributed by atoms with E-state index < -0.39 is 6.10 Å². The van der Waals surface area contributed by atoms with Gasteiger partial charge in [-0.1, -0.05) is 47.7 Å². The number of carbonyl (C=O) groups is 1. The number of rotatable bonds is 6. The summed E-state index contributed by atoms with van der Waals surface area (Å²) in [5.74, 6) is 0.370. The highest BCUT2D eigenvalue weighted by Crippen LogP contribution is 2.17. The molecule has 0 bridgehead atoms. The third-order valence-electron chi connectivity index (χ3n) is 3.55. The fourth-order valence-corrected chi connectivity index (χ4v) is 2.33. The van der Waals surface area contributed by atoms with Gasteiger partial charge in [-0.25, -0.2) is 0 Å². The number of aliphatic hydroxyl groups excluding tert-OH is 1. The minimum absolute atomic E-state index is 0.00856. The lowest BCUT2D eigenvalue weighted by Crippen LogP contribution is -2.15. The number of hydrogen-bond donors (Lipinski definition) is 3. The number of amides is 1. The second kappa shape index (κ2) is 7.47. The third kappa shape index (κ3) is 4.23. The van der Waals surface area contributed by atoms with Gasteiger partial charge in [-0.15, -0.1) is 10.2 Å². The summed E-state index contributed by atoms with van der Waals surface area (Å²) in [6, 6.07) is 16.5. The van der Waals surface area contributed by atoms with E-state index in [1.54, 1.807) is 12.1 Å². The van der Waals surface area contributed by atoms with Crippen LogP contribution >= 0.6 is 0 Å². The van der Waals surface area contributed by atoms with E-state index >= 15 is 0 Å². The largest absolute Gasteiger partial charge is 0.388 e. The molecule has 0 radical (unpaired) electrons. The average Bonchev–Trinajstić information content (AvgIpc) is 3.10. The maximum absolute atomic E-state index is 12.0. The highest BCUT2D eigenvalue weighted by molar-refractivity contribution is 5.91. The SMILES string of the molecule is O=C(CC(O)c1ccccc1)Nc1ccc(Cc2nn[nH]n2)cc1. The summed E-state index contributed by atoms with van der Waals surface area (Å²) in [6.07, 6.45) is -0.241. The Hall–Kier alpha value is -3.06. The fourth-order valence-electron chi connectivity index (χ4n) is 2.33. The standard InChI is InChI=1S/C17H17N5O2/c23-15(13-4-2-1-3-5-13)11-17(24)18-14-8-6-12(7-9-14)10-16-19-21-22-20-16/h1-9,15,23H,10-11H2,(H,18,24)(H,19,20,21,22). The molecule has 122 valence electrons. The summed E-state index contributed by atoms with van der Waals surface area (Å²) in [5.41, 5.74) is 2.42. The Balaban J connectivity index is 1.54. The predicted octanol–water partition coefficient (Wildman–Crippen LogP) is 1.85. The Morgan fingerprint density at radius 1 is 1.12 bits per heavy atom. The molecular weight excluding hydrogens is 306 g/mol. The van der Waals surface area contributed by atoms with Gasteiger partial charge in [0, 0.05) is 12.1 Å². The molecule has 7 nitrogen and oxygen atoms in total. The number of anilines is 1. The molecule has 24 heavy (non-hydrogen) atoms. The molecule has 0 fully saturated rings. The zero-order chi connectivity index (χ0) is 16.8. The van der Waals surface area contributed by atoms with E-state index in [-0.39, 0.29) is 12.3 Å². The average molecular weight is 323 g/mol. The Bertz CT molecular complexity index is 773. The van der Waals surface area contributed by atoms with Gasteiger partial charge in [-0.3, -0.25) is 4.79 Å². The van der Waals surface area contributed by atoms with Crippen molar-refractivity contribution in [2.24, 2.45) is 0 Å². The maximum Gasteiger partial charge on any atom is 0.227 e. The van der Waals surface area contributed by atoms with E-state index in [1.165, 1.54) is 0 Å². The molecule has 0 aliphatic carbocycles. The lowest BCUT2D eigenvalue weighted by atomic mass is 10.1. The molecule has 0 saturated heterocycles. The van der Waals surface area contributed by atoms with E-state index in [0.717, 1.165) is 11.1 Å². The van der Waals surface area contributed by atoms with Crippen LogP contribution < -0.4 is 5.32 Å². The first-order valence-corrected chi connectivity index (χ1v) is 7.55. The molecule has 0 spiro atoms. The molecule has 2 aromatic carbocycles. The van der Waals surface area contributed by atoms with E-state index in [1.807, 2.05) is 42.5 Å². The molecule has 1 aromatic heterocycles. The summed E-state index contributed by atoms with van der Waals surface area (Å²) >= 11 is 0. The van der Waals surface area contributed by atoms with Gasteiger partial charge in [0.15, 0.2) is 5.82 Å². The van der Waals surface area contributed by atoms with Crippen LogP contribution in [-0.4, -0.2) is 31.6 Å². The van der Waals surface area contributed by atoms with Crippen LogP contribution in [0.2, 0.25) is 0 Å². The number of aromatic nitrogens is 4. The zero-order valence-corrected chi connectivity index (χ0v) is 12.9. The van der Waals surface area contributed by atoms with Crippen molar-refractivity contribution < 1.29 is 9.90 Å². The quantitative estimate of drug-likeness (QED) is 0.642. The number of nitrogens with one attached hydrogen (secondary N) is 2. The van der Waals surface area contributed by atoms with E-state index in [2.05, 4.69) is 25.9 Å². The monoisotopic (exact) mass is 323 g/mol. The van der Waals surface area contributed by atoms with Crippen molar-refractivity contribution in [3.8, 4) is 0 Å². The van der Waals surface area contributed by atoms with Gasteiger partial charge >= 0.3 is 0 Å². The topological polar surface area (TPSA) is 104 Å². The summed E-state index contributed by atoms with van der Waals surface area (Å²) < 4.78 is 0. The molecule has 3 aromatic rings. The molecule has 1 unspecified atom stereocenters. The van der Waals surface area contributed by atoms with Crippen LogP contribution in [0.5, 0.6) is 0 Å². The molecule has 3 rings (SSSR count). The van der Waals surface area contributed by atoms with Gasteiger partial charge in [0.05, 0.1) is 12.5 Å². The van der Waals surface area contributed by atoms with Gasteiger partial charge in [0.2, 0.25) is 5.91 Å². The molecule has 1 atom stereocenters. The Morgan fingerprint density at radius 3 is 2.54 bits per heavy atom. The second-order valence-electron chi connectivity index (χ2n) is 5.38. The van der Waals surface area contributed by atoms with Crippen molar-refractivity contribution in [3.05, 3.63) is 71.5 Å². The smallest absolute Gasteiger partial charge is 0.227 e. The molecule has 3 N–H and O–H groups in total. The van der Waals surface area contributed by atoms with Crippen LogP contribution in [0.3, 0.4) is 0 Å². The predicted molar refractivity (Wildman–Crippen MR) is 88.1 cm³/mol. The van der Waals surface area contributed by atoms with Gasteiger partial charge in [0.1, 0.15) is 0 Å². The van der Waals surface area contributed by atoms with Gasteiger partial charge in [0.25, 0.3) is 0 Å². The maximum atomic E-state index is 12.0. The molecule has 0 saturated carbocycles. The number of nitrogens with zero attached hydrogens (tertiary/aromatic N) is 3. The zero-order valence-electron chi connectivity index (χ0n) is 12.9. The van der Waals surface area contributed by atoms with E-state index in [4.69, 9.17) is 0 Å². The molecule has 7 heteroatoms. The number of hydrogen-bond acceptors (Lipinski definition) is 5. The van der Waals surface area contributed by atoms with Crippen LogP contribution in [0, 0.1) is 0 Å². The fraction of sp³-hybridized carbons (Fsp3) is 0.176. The van der Waals surface area contributed by atoms with Gasteiger partial charge in [-0.2, -0.15) is 5.21 Å². The first-order chi connectivity index (χ1) is 11.7. The third-order valence-corrected chi connectivity index (χ3v) is 3.55. The molecule has 1 amide bonds. The molecule has 1 heterocycles. The number of aromatic amines is 1. The van der Waals surface area contributed by atoms with Crippen molar-refractivity contribution >= 4 is 11.6 Å². The second-order valence-corrected chi connectivity index (χ2v) is 5.38. The number of benzene rings is 2. The molecule has 0 aliphatic heterocycles. The Kier molecular flexibility index (Phi) is 4.93. The molecule has 0 aliphatic rings. The van der Waals surface area contributed by atoms with E-state index in [9.17, 15) is 9.90 Å². The van der Waals surface area contributed by atoms with E-state index in [0.29, 0.717) is 17.9 Å². The summed E-state index contributed by atoms with van der Waals surface area (Å²) in [6.45, 7) is 0. The van der Waals surface area contributed by atoms with Gasteiger partial charge in [-0.05, 0) is 23.3 Å². The Morgan fingerprint density at radius 2 is 1.88 bits per heavy atom. The van der Waals surface area contributed by atoms with Crippen LogP contribution in [0.15, 0.2) is 54.6 Å². The van der Waals surface area contributed by atoms with Crippen LogP contribution in [0.1, 0.15) is 29.5 Å². The van der Waals surface area contributed by atoms with Crippen molar-refractivity contribution in [3.63, 3.8) is 0 Å². The Labute approximate surface area is 138 Å². The van der Waals surface area contributed by atoms with Crippen LogP contribution in [0.25, 0.3) is 0 Å². The number of tetrazole rings is 1. The number of carbonyl (C=O) groups excluding carboxylic acids is 1. The van der Waals surface area contributed by atoms with Crippen molar-refractivity contribution in [2.75, 3.05) is 5.32 Å². The van der Waals surface area contributed by atoms with Crippen LogP contribution in [-0.2, 0) is 11.2 Å². The molecular formula is C17H17N5O2. The highest BCUT2D eigenvalue weighted by Gasteiger charge is 2.12. The minimum Gasteiger partial charge on any atom is -0.388 e. The summed E-state index contributed by atoms with van der Waals surface area (Å²) in [4.78, 5) is 12.0. The first kappa shape index (κ1) is 15.8. The lowest BCUT2D eigenvalue weighted by molar-refractivity contribution is -0.118. The van der Waals surface area contributed by atoms with Crippen molar-refractivity contribution in [2.45, 2.75) is 18.9 Å². The summed E-state index contributed by atoms with van der Waals surface area (Å²) in [7, 11) is 0.